The van der Waals surface area contributed by atoms with Gasteiger partial charge in [-0.15, -0.1) is 0 Å². The second-order valence-corrected chi connectivity index (χ2v) is 7.26. The Balaban J connectivity index is 1.84. The van der Waals surface area contributed by atoms with Crippen LogP contribution in [-0.2, 0) is 9.53 Å². The van der Waals surface area contributed by atoms with E-state index in [0.717, 1.165) is 18.4 Å². The SMILES string of the molecule is CN(C(=O)/C=C/c1ccncc1)C1CCN(C(=O)OC(C)(C)C)CC1. The molecular weight excluding hydrogens is 318 g/mol. The second-order valence-electron chi connectivity index (χ2n) is 7.26. The van der Waals surface area contributed by atoms with E-state index in [4.69, 9.17) is 4.74 Å². The summed E-state index contributed by atoms with van der Waals surface area (Å²) in [7, 11) is 1.81. The molecule has 6 heteroatoms. The predicted octanol–water partition coefficient (Wildman–Crippen LogP) is 2.95. The highest BCUT2D eigenvalue weighted by atomic mass is 16.6. The van der Waals surface area contributed by atoms with Crippen LogP contribution in [-0.4, -0.2) is 58.6 Å². The van der Waals surface area contributed by atoms with Crippen molar-refractivity contribution in [2.24, 2.45) is 0 Å². The summed E-state index contributed by atoms with van der Waals surface area (Å²) in [5, 5.41) is 0. The summed E-state index contributed by atoms with van der Waals surface area (Å²) >= 11 is 0. The molecule has 0 aliphatic carbocycles. The minimum Gasteiger partial charge on any atom is -0.444 e. The van der Waals surface area contributed by atoms with Gasteiger partial charge in [-0.3, -0.25) is 9.78 Å². The van der Waals surface area contributed by atoms with Gasteiger partial charge in [-0.25, -0.2) is 4.79 Å². The van der Waals surface area contributed by atoms with Gasteiger partial charge in [0.2, 0.25) is 5.91 Å². The smallest absolute Gasteiger partial charge is 0.410 e. The molecule has 1 aliphatic heterocycles. The van der Waals surface area contributed by atoms with Crippen molar-refractivity contribution in [3.05, 3.63) is 36.2 Å². The van der Waals surface area contributed by atoms with E-state index < -0.39 is 5.60 Å². The van der Waals surface area contributed by atoms with Gasteiger partial charge in [-0.2, -0.15) is 0 Å². The molecule has 0 spiro atoms. The van der Waals surface area contributed by atoms with Gasteiger partial charge in [0.05, 0.1) is 0 Å². The normalized spacial score (nSPS) is 16.1. The van der Waals surface area contributed by atoms with Crippen molar-refractivity contribution in [3.8, 4) is 0 Å². The average molecular weight is 345 g/mol. The number of hydrogen-bond acceptors (Lipinski definition) is 4. The molecule has 1 aromatic heterocycles. The number of amides is 2. The predicted molar refractivity (Wildman–Crippen MR) is 96.9 cm³/mol. The van der Waals surface area contributed by atoms with Gasteiger partial charge in [-0.1, -0.05) is 0 Å². The summed E-state index contributed by atoms with van der Waals surface area (Å²) in [4.78, 5) is 31.8. The third-order valence-electron chi connectivity index (χ3n) is 4.14. The van der Waals surface area contributed by atoms with E-state index in [0.29, 0.717) is 13.1 Å². The van der Waals surface area contributed by atoms with Crippen LogP contribution in [0.25, 0.3) is 6.08 Å². The van der Waals surface area contributed by atoms with Crippen molar-refractivity contribution in [2.75, 3.05) is 20.1 Å². The lowest BCUT2D eigenvalue weighted by atomic mass is 10.0. The lowest BCUT2D eigenvalue weighted by Crippen LogP contribution is -2.48. The lowest BCUT2D eigenvalue weighted by molar-refractivity contribution is -0.127. The molecule has 1 aromatic rings. The molecule has 0 aromatic carbocycles. The van der Waals surface area contributed by atoms with E-state index in [9.17, 15) is 9.59 Å². The number of rotatable bonds is 3. The highest BCUT2D eigenvalue weighted by molar-refractivity contribution is 5.91. The van der Waals surface area contributed by atoms with E-state index in [2.05, 4.69) is 4.98 Å². The molecule has 2 rings (SSSR count). The Morgan fingerprint density at radius 2 is 1.84 bits per heavy atom. The number of likely N-dealkylation sites (tertiary alicyclic amines) is 1. The van der Waals surface area contributed by atoms with Crippen molar-refractivity contribution in [1.82, 2.24) is 14.8 Å². The number of ether oxygens (including phenoxy) is 1. The van der Waals surface area contributed by atoms with E-state index >= 15 is 0 Å². The second kappa shape index (κ2) is 8.14. The molecule has 0 N–H and O–H groups in total. The quantitative estimate of drug-likeness (QED) is 0.790. The fourth-order valence-corrected chi connectivity index (χ4v) is 2.70. The number of carbonyl (C=O) groups excluding carboxylic acids is 2. The number of likely N-dealkylation sites (N-methyl/N-ethyl adjacent to an activating group) is 1. The third kappa shape index (κ3) is 5.89. The fraction of sp³-hybridized carbons (Fsp3) is 0.526. The van der Waals surface area contributed by atoms with Crippen LogP contribution in [0.2, 0.25) is 0 Å². The topological polar surface area (TPSA) is 62.7 Å². The molecule has 0 saturated carbocycles. The average Bonchev–Trinajstić information content (AvgIpc) is 2.58. The number of carbonyl (C=O) groups is 2. The summed E-state index contributed by atoms with van der Waals surface area (Å²) in [5.41, 5.74) is 0.454. The van der Waals surface area contributed by atoms with Gasteiger partial charge in [0.15, 0.2) is 0 Å². The van der Waals surface area contributed by atoms with Crippen LogP contribution in [0, 0.1) is 0 Å². The minimum atomic E-state index is -0.488. The van der Waals surface area contributed by atoms with Gasteiger partial charge >= 0.3 is 6.09 Å². The van der Waals surface area contributed by atoms with E-state index in [1.54, 1.807) is 34.3 Å². The Hall–Kier alpha value is -2.37. The van der Waals surface area contributed by atoms with Crippen molar-refractivity contribution in [2.45, 2.75) is 45.3 Å². The summed E-state index contributed by atoms with van der Waals surface area (Å²) in [5.74, 6) is -0.0347. The van der Waals surface area contributed by atoms with Gasteiger partial charge in [-0.05, 0) is 57.4 Å². The molecular formula is C19H27N3O3. The molecule has 2 heterocycles. The van der Waals surface area contributed by atoms with Crippen molar-refractivity contribution < 1.29 is 14.3 Å². The summed E-state index contributed by atoms with van der Waals surface area (Å²) in [6.45, 7) is 6.79. The number of pyridine rings is 1. The van der Waals surface area contributed by atoms with Gasteiger partial charge in [0, 0.05) is 44.6 Å². The number of piperidine rings is 1. The van der Waals surface area contributed by atoms with Gasteiger partial charge in [0.1, 0.15) is 5.60 Å². The molecule has 1 aliphatic rings. The van der Waals surface area contributed by atoms with Crippen LogP contribution in [0.15, 0.2) is 30.6 Å². The molecule has 0 bridgehead atoms. The van der Waals surface area contributed by atoms with Crippen LogP contribution in [0.5, 0.6) is 0 Å². The zero-order chi connectivity index (χ0) is 18.4. The lowest BCUT2D eigenvalue weighted by Gasteiger charge is -2.37. The van der Waals surface area contributed by atoms with E-state index in [1.165, 1.54) is 0 Å². The summed E-state index contributed by atoms with van der Waals surface area (Å²) in [6, 6.07) is 3.83. The van der Waals surface area contributed by atoms with E-state index in [-0.39, 0.29) is 18.0 Å². The van der Waals surface area contributed by atoms with Gasteiger partial charge in [0.25, 0.3) is 0 Å². The Kier molecular flexibility index (Phi) is 6.17. The zero-order valence-corrected chi connectivity index (χ0v) is 15.4. The maximum atomic E-state index is 12.3. The first-order chi connectivity index (χ1) is 11.8. The van der Waals surface area contributed by atoms with Gasteiger partial charge < -0.3 is 14.5 Å². The molecule has 136 valence electrons. The van der Waals surface area contributed by atoms with Crippen LogP contribution in [0.1, 0.15) is 39.2 Å². The first-order valence-electron chi connectivity index (χ1n) is 8.59. The maximum absolute atomic E-state index is 12.3. The monoisotopic (exact) mass is 345 g/mol. The van der Waals surface area contributed by atoms with E-state index in [1.807, 2.05) is 40.0 Å². The highest BCUT2D eigenvalue weighted by Gasteiger charge is 2.29. The van der Waals surface area contributed by atoms with Crippen LogP contribution < -0.4 is 0 Å². The van der Waals surface area contributed by atoms with Crippen LogP contribution >= 0.6 is 0 Å². The molecule has 1 saturated heterocycles. The first-order valence-corrected chi connectivity index (χ1v) is 8.59. The largest absolute Gasteiger partial charge is 0.444 e. The Bertz CT molecular complexity index is 615. The first kappa shape index (κ1) is 19.0. The van der Waals surface area contributed by atoms with Crippen LogP contribution in [0.3, 0.4) is 0 Å². The number of hydrogen-bond donors (Lipinski definition) is 0. The standard InChI is InChI=1S/C19H27N3O3/c1-19(2,3)25-18(24)22-13-9-16(10-14-22)21(4)17(23)6-5-15-7-11-20-12-8-15/h5-8,11-12,16H,9-10,13-14H2,1-4H3/b6-5+. The summed E-state index contributed by atoms with van der Waals surface area (Å²) in [6.07, 6.45) is 7.99. The highest BCUT2D eigenvalue weighted by Crippen LogP contribution is 2.18. The molecule has 0 atom stereocenters. The van der Waals surface area contributed by atoms with Crippen LogP contribution in [0.4, 0.5) is 4.79 Å². The molecule has 0 unspecified atom stereocenters. The fourth-order valence-electron chi connectivity index (χ4n) is 2.70. The van der Waals surface area contributed by atoms with Crippen molar-refractivity contribution in [1.29, 1.82) is 0 Å². The molecule has 2 amide bonds. The van der Waals surface area contributed by atoms with Crippen molar-refractivity contribution >= 4 is 18.1 Å². The Morgan fingerprint density at radius 3 is 2.40 bits per heavy atom. The molecule has 1 fully saturated rings. The minimum absolute atomic E-state index is 0.0347. The molecule has 6 nitrogen and oxygen atoms in total. The molecule has 25 heavy (non-hydrogen) atoms. The molecule has 0 radical (unpaired) electrons. The Labute approximate surface area is 149 Å². The van der Waals surface area contributed by atoms with Crippen molar-refractivity contribution in [3.63, 3.8) is 0 Å². The zero-order valence-electron chi connectivity index (χ0n) is 15.4. The number of nitrogens with zero attached hydrogens (tertiary/aromatic N) is 3. The Morgan fingerprint density at radius 1 is 1.24 bits per heavy atom. The third-order valence-corrected chi connectivity index (χ3v) is 4.14. The maximum Gasteiger partial charge on any atom is 0.410 e. The number of aromatic nitrogens is 1. The summed E-state index contributed by atoms with van der Waals surface area (Å²) < 4.78 is 5.40.